The van der Waals surface area contributed by atoms with Gasteiger partial charge in [0.2, 0.25) is 10.0 Å². The molecule has 6 heteroatoms. The van der Waals surface area contributed by atoms with Gasteiger partial charge in [-0.25, -0.2) is 8.42 Å². The third kappa shape index (κ3) is 5.10. The van der Waals surface area contributed by atoms with Crippen molar-refractivity contribution in [1.82, 2.24) is 4.31 Å². The highest BCUT2D eigenvalue weighted by atomic mass is 32.2. The fourth-order valence-corrected chi connectivity index (χ4v) is 3.93. The van der Waals surface area contributed by atoms with Crippen molar-refractivity contribution in [2.24, 2.45) is 5.92 Å². The van der Waals surface area contributed by atoms with E-state index in [0.29, 0.717) is 13.0 Å². The molecule has 0 N–H and O–H groups in total. The number of carbonyl (C=O) groups excluding carboxylic acids is 1. The minimum Gasteiger partial charge on any atom is -0.466 e. The third-order valence-electron chi connectivity index (χ3n) is 3.21. The second kappa shape index (κ2) is 7.24. The molecule has 1 rings (SSSR count). The molecule has 0 radical (unpaired) electrons. The summed E-state index contributed by atoms with van der Waals surface area (Å²) in [7, 11) is -3.24. The number of rotatable bonds is 9. The quantitative estimate of drug-likeness (QED) is 0.607. The van der Waals surface area contributed by atoms with Crippen LogP contribution in [-0.2, 0) is 19.6 Å². The summed E-state index contributed by atoms with van der Waals surface area (Å²) in [5.41, 5.74) is 0. The van der Waals surface area contributed by atoms with Crippen molar-refractivity contribution in [3.63, 3.8) is 0 Å². The van der Waals surface area contributed by atoms with Gasteiger partial charge in [-0.15, -0.1) is 0 Å². The molecule has 0 amide bonds. The first-order valence-electron chi connectivity index (χ1n) is 7.08. The second-order valence-corrected chi connectivity index (χ2v) is 7.16. The molecule has 0 bridgehead atoms. The molecule has 19 heavy (non-hydrogen) atoms. The Morgan fingerprint density at radius 3 is 2.47 bits per heavy atom. The number of hydrogen-bond donors (Lipinski definition) is 0. The molecule has 1 unspecified atom stereocenters. The van der Waals surface area contributed by atoms with Crippen LogP contribution in [0.4, 0.5) is 0 Å². The van der Waals surface area contributed by atoms with Crippen LogP contribution in [-0.4, -0.2) is 43.6 Å². The zero-order valence-electron chi connectivity index (χ0n) is 12.1. The minimum atomic E-state index is -3.24. The zero-order valence-corrected chi connectivity index (χ0v) is 12.9. The summed E-state index contributed by atoms with van der Waals surface area (Å²) in [4.78, 5) is 11.6. The molecule has 0 aliphatic heterocycles. The van der Waals surface area contributed by atoms with Crippen LogP contribution in [0.2, 0.25) is 0 Å². The van der Waals surface area contributed by atoms with Gasteiger partial charge in [-0.1, -0.05) is 20.3 Å². The van der Waals surface area contributed by atoms with Crippen molar-refractivity contribution in [1.29, 1.82) is 0 Å². The molecule has 0 spiro atoms. The summed E-state index contributed by atoms with van der Waals surface area (Å²) in [6.07, 6.45) is 3.33. The van der Waals surface area contributed by atoms with E-state index in [1.807, 2.05) is 6.92 Å². The van der Waals surface area contributed by atoms with Gasteiger partial charge in [0.05, 0.1) is 18.3 Å². The summed E-state index contributed by atoms with van der Waals surface area (Å²) in [5.74, 6) is -0.550. The van der Waals surface area contributed by atoms with E-state index in [-0.39, 0.29) is 24.3 Å². The van der Waals surface area contributed by atoms with Crippen molar-refractivity contribution < 1.29 is 17.9 Å². The predicted molar refractivity (Wildman–Crippen MR) is 74.2 cm³/mol. The Labute approximate surface area is 116 Å². The lowest BCUT2D eigenvalue weighted by Gasteiger charge is -2.24. The number of ether oxygens (including phenoxy) is 1. The Bertz CT molecular complexity index is 389. The minimum absolute atomic E-state index is 0.0960. The monoisotopic (exact) mass is 291 g/mol. The maximum absolute atomic E-state index is 12.3. The summed E-state index contributed by atoms with van der Waals surface area (Å²) < 4.78 is 31.0. The number of unbranched alkanes of at least 4 members (excludes halogenated alkanes) is 1. The SMILES string of the molecule is CCCCS(=O)(=O)N(CC(C)C(=O)OCC)C1CC1. The van der Waals surface area contributed by atoms with Gasteiger partial charge in [0.25, 0.3) is 0 Å². The molecule has 1 saturated carbocycles. The van der Waals surface area contributed by atoms with Crippen molar-refractivity contribution in [3.8, 4) is 0 Å². The van der Waals surface area contributed by atoms with Crippen molar-refractivity contribution in [2.75, 3.05) is 18.9 Å². The highest BCUT2D eigenvalue weighted by Crippen LogP contribution is 2.30. The van der Waals surface area contributed by atoms with Gasteiger partial charge in [0.15, 0.2) is 0 Å². The Morgan fingerprint density at radius 2 is 2.00 bits per heavy atom. The molecule has 1 atom stereocenters. The van der Waals surface area contributed by atoms with E-state index in [4.69, 9.17) is 4.74 Å². The van der Waals surface area contributed by atoms with Crippen LogP contribution in [0.3, 0.4) is 0 Å². The lowest BCUT2D eigenvalue weighted by molar-refractivity contribution is -0.147. The van der Waals surface area contributed by atoms with Gasteiger partial charge >= 0.3 is 5.97 Å². The molecule has 0 aromatic heterocycles. The molecule has 0 saturated heterocycles. The predicted octanol–water partition coefficient (Wildman–Crippen LogP) is 1.78. The standard InChI is InChI=1S/C13H25NO4S/c1-4-6-9-19(16,17)14(12-7-8-12)10-11(3)13(15)18-5-2/h11-12H,4-10H2,1-3H3. The second-order valence-electron chi connectivity index (χ2n) is 5.12. The van der Waals surface area contributed by atoms with Crippen LogP contribution in [0.25, 0.3) is 0 Å². The van der Waals surface area contributed by atoms with Crippen LogP contribution in [0.1, 0.15) is 46.5 Å². The molecule has 0 aromatic carbocycles. The first-order valence-corrected chi connectivity index (χ1v) is 8.69. The van der Waals surface area contributed by atoms with Crippen LogP contribution in [0, 0.1) is 5.92 Å². The maximum Gasteiger partial charge on any atom is 0.309 e. The zero-order chi connectivity index (χ0) is 14.5. The van der Waals surface area contributed by atoms with Crippen LogP contribution in [0.15, 0.2) is 0 Å². The Hall–Kier alpha value is -0.620. The van der Waals surface area contributed by atoms with Gasteiger partial charge in [0, 0.05) is 12.6 Å². The molecular formula is C13H25NO4S. The number of hydrogen-bond acceptors (Lipinski definition) is 4. The van der Waals surface area contributed by atoms with Crippen LogP contribution < -0.4 is 0 Å². The van der Waals surface area contributed by atoms with Gasteiger partial charge in [-0.3, -0.25) is 4.79 Å². The Kier molecular flexibility index (Phi) is 6.26. The van der Waals surface area contributed by atoms with Crippen molar-refractivity contribution in [3.05, 3.63) is 0 Å². The van der Waals surface area contributed by atoms with E-state index in [0.717, 1.165) is 19.3 Å². The summed E-state index contributed by atoms with van der Waals surface area (Å²) in [6.45, 7) is 6.02. The molecular weight excluding hydrogens is 266 g/mol. The van der Waals surface area contributed by atoms with E-state index in [2.05, 4.69) is 0 Å². The number of sulfonamides is 1. The van der Waals surface area contributed by atoms with Gasteiger partial charge < -0.3 is 4.74 Å². The highest BCUT2D eigenvalue weighted by molar-refractivity contribution is 7.89. The summed E-state index contributed by atoms with van der Waals surface area (Å²) in [6, 6.07) is 0.0960. The molecule has 1 fully saturated rings. The van der Waals surface area contributed by atoms with Crippen LogP contribution in [0.5, 0.6) is 0 Å². The van der Waals surface area contributed by atoms with E-state index in [1.54, 1.807) is 13.8 Å². The van der Waals surface area contributed by atoms with Crippen LogP contribution >= 0.6 is 0 Å². The number of nitrogens with zero attached hydrogens (tertiary/aromatic N) is 1. The van der Waals surface area contributed by atoms with E-state index in [9.17, 15) is 13.2 Å². The Balaban J connectivity index is 2.65. The molecule has 1 aliphatic carbocycles. The van der Waals surface area contributed by atoms with Crippen molar-refractivity contribution >= 4 is 16.0 Å². The number of carbonyl (C=O) groups is 1. The largest absolute Gasteiger partial charge is 0.466 e. The number of esters is 1. The van der Waals surface area contributed by atoms with E-state index in [1.165, 1.54) is 4.31 Å². The summed E-state index contributed by atoms with van der Waals surface area (Å²) >= 11 is 0. The smallest absolute Gasteiger partial charge is 0.309 e. The maximum atomic E-state index is 12.3. The van der Waals surface area contributed by atoms with Gasteiger partial charge in [-0.05, 0) is 26.2 Å². The molecule has 1 aliphatic rings. The average Bonchev–Trinajstić information content (AvgIpc) is 3.17. The first-order chi connectivity index (χ1) is 8.92. The lowest BCUT2D eigenvalue weighted by atomic mass is 10.2. The fourth-order valence-electron chi connectivity index (χ4n) is 1.93. The molecule has 112 valence electrons. The molecule has 0 aromatic rings. The van der Waals surface area contributed by atoms with E-state index < -0.39 is 15.9 Å². The summed E-state index contributed by atoms with van der Waals surface area (Å²) in [5, 5.41) is 0. The first kappa shape index (κ1) is 16.4. The van der Waals surface area contributed by atoms with Gasteiger partial charge in [-0.2, -0.15) is 4.31 Å². The highest BCUT2D eigenvalue weighted by Gasteiger charge is 2.38. The average molecular weight is 291 g/mol. The lowest BCUT2D eigenvalue weighted by Crippen LogP contribution is -2.40. The van der Waals surface area contributed by atoms with Crippen molar-refractivity contribution in [2.45, 2.75) is 52.5 Å². The fraction of sp³-hybridized carbons (Fsp3) is 0.923. The topological polar surface area (TPSA) is 63.7 Å². The normalized spacial score (nSPS) is 17.5. The van der Waals surface area contributed by atoms with E-state index >= 15 is 0 Å². The molecule has 5 nitrogen and oxygen atoms in total. The Morgan fingerprint density at radius 1 is 1.37 bits per heavy atom. The van der Waals surface area contributed by atoms with Gasteiger partial charge in [0.1, 0.15) is 0 Å². The third-order valence-corrected chi connectivity index (χ3v) is 5.18. The molecule has 0 heterocycles.